The van der Waals surface area contributed by atoms with Gasteiger partial charge in [0, 0.05) is 22.3 Å². The summed E-state index contributed by atoms with van der Waals surface area (Å²) in [7, 11) is 0. The second-order valence-corrected chi connectivity index (χ2v) is 18.7. The van der Waals surface area contributed by atoms with Crippen molar-refractivity contribution in [3.63, 3.8) is 0 Å². The third-order valence-electron chi connectivity index (χ3n) is 15.1. The zero-order valence-corrected chi connectivity index (χ0v) is 38.4. The Bertz CT molecular complexity index is 3920. The fraction of sp³-hybridized carbons (Fsp3) is 0.0145. The molecule has 1 nitrogen and oxygen atoms in total. The van der Waals surface area contributed by atoms with E-state index >= 15 is 0 Å². The maximum atomic E-state index is 2.55. The van der Waals surface area contributed by atoms with Crippen molar-refractivity contribution in [1.29, 1.82) is 0 Å². The van der Waals surface area contributed by atoms with Crippen LogP contribution in [0.2, 0.25) is 0 Å². The molecule has 0 bridgehead atoms. The molecule has 2 aliphatic rings. The van der Waals surface area contributed by atoms with Crippen LogP contribution in [0.3, 0.4) is 0 Å². The quantitative estimate of drug-likeness (QED) is 0.144. The van der Waals surface area contributed by atoms with Crippen LogP contribution in [0.5, 0.6) is 0 Å². The molecule has 1 spiro atoms. The fourth-order valence-electron chi connectivity index (χ4n) is 12.0. The molecule has 0 amide bonds. The molecule has 1 heteroatoms. The lowest BCUT2D eigenvalue weighted by Gasteiger charge is -2.33. The number of rotatable bonds is 7. The molecular formula is C69H45N. The standard InChI is InChI=1S/C69H45N/c1-3-18-46(19-4-1)51-22-17-23-52(44-51)49-36-34-47(35-37-49)48-38-40-53(41-39-48)70(68-62-30-10-8-25-56(62)55-24-7-9-29-61(55)67(68)50-20-5-2-6-21-50)54-42-43-60-59-28-13-16-33-65(59)69(66(60)45-54)63-31-14-11-26-57(63)58-27-12-15-32-64(58)69/h1-45H. The van der Waals surface area contributed by atoms with Crippen molar-refractivity contribution in [1.82, 2.24) is 0 Å². The lowest BCUT2D eigenvalue weighted by Crippen LogP contribution is -2.26. The number of hydrogen-bond donors (Lipinski definition) is 0. The third kappa shape index (κ3) is 6.05. The molecule has 0 saturated carbocycles. The van der Waals surface area contributed by atoms with Gasteiger partial charge in [-0.05, 0) is 130 Å². The first-order valence-electron chi connectivity index (χ1n) is 24.3. The van der Waals surface area contributed by atoms with Gasteiger partial charge in [0.1, 0.15) is 0 Å². The molecule has 0 saturated heterocycles. The summed E-state index contributed by atoms with van der Waals surface area (Å²) in [5, 5.41) is 4.90. The first kappa shape index (κ1) is 40.1. The number of nitrogens with zero attached hydrogens (tertiary/aromatic N) is 1. The van der Waals surface area contributed by atoms with Crippen LogP contribution in [0.4, 0.5) is 17.1 Å². The van der Waals surface area contributed by atoms with Crippen LogP contribution in [0.15, 0.2) is 273 Å². The zero-order valence-electron chi connectivity index (χ0n) is 38.4. The van der Waals surface area contributed by atoms with Gasteiger partial charge in [0.05, 0.1) is 11.1 Å². The minimum Gasteiger partial charge on any atom is -0.309 e. The Morgan fingerprint density at radius 1 is 0.229 bits per heavy atom. The minimum atomic E-state index is -0.479. The Hall–Kier alpha value is -9.04. The Morgan fingerprint density at radius 2 is 0.614 bits per heavy atom. The summed E-state index contributed by atoms with van der Waals surface area (Å²) in [4.78, 5) is 2.55. The molecule has 0 aromatic heterocycles. The number of benzene rings is 12. The smallest absolute Gasteiger partial charge is 0.0726 e. The molecule has 14 rings (SSSR count). The van der Waals surface area contributed by atoms with Crippen LogP contribution < -0.4 is 4.90 Å². The van der Waals surface area contributed by atoms with Crippen molar-refractivity contribution in [3.05, 3.63) is 295 Å². The van der Waals surface area contributed by atoms with Crippen molar-refractivity contribution in [2.75, 3.05) is 4.90 Å². The molecule has 0 atom stereocenters. The topological polar surface area (TPSA) is 3.24 Å². The van der Waals surface area contributed by atoms with Gasteiger partial charge in [0.15, 0.2) is 0 Å². The lowest BCUT2D eigenvalue weighted by molar-refractivity contribution is 0.793. The predicted octanol–water partition coefficient (Wildman–Crippen LogP) is 18.5. The minimum absolute atomic E-state index is 0.479. The summed E-state index contributed by atoms with van der Waals surface area (Å²) in [6, 6.07) is 101. The second kappa shape index (κ2) is 16.0. The van der Waals surface area contributed by atoms with Gasteiger partial charge in [-0.2, -0.15) is 0 Å². The molecule has 2 aliphatic carbocycles. The predicted molar refractivity (Wildman–Crippen MR) is 294 cm³/mol. The molecule has 0 N–H and O–H groups in total. The van der Waals surface area contributed by atoms with Crippen LogP contribution in [0.25, 0.3) is 88.3 Å². The number of anilines is 3. The van der Waals surface area contributed by atoms with Crippen LogP contribution in [0.1, 0.15) is 22.3 Å². The van der Waals surface area contributed by atoms with Crippen molar-refractivity contribution < 1.29 is 0 Å². The van der Waals surface area contributed by atoms with E-state index in [1.807, 2.05) is 0 Å². The Morgan fingerprint density at radius 3 is 1.19 bits per heavy atom. The van der Waals surface area contributed by atoms with Gasteiger partial charge in [-0.15, -0.1) is 0 Å². The second-order valence-electron chi connectivity index (χ2n) is 18.7. The first-order valence-corrected chi connectivity index (χ1v) is 24.3. The molecule has 70 heavy (non-hydrogen) atoms. The highest BCUT2D eigenvalue weighted by Gasteiger charge is 2.51. The van der Waals surface area contributed by atoms with E-state index < -0.39 is 5.41 Å². The third-order valence-corrected chi connectivity index (χ3v) is 15.1. The highest BCUT2D eigenvalue weighted by Crippen LogP contribution is 2.63. The van der Waals surface area contributed by atoms with Crippen LogP contribution in [-0.2, 0) is 5.41 Å². The van der Waals surface area contributed by atoms with Crippen LogP contribution in [0, 0.1) is 0 Å². The molecular weight excluding hydrogens is 843 g/mol. The van der Waals surface area contributed by atoms with Crippen molar-refractivity contribution in [2.45, 2.75) is 5.41 Å². The Balaban J connectivity index is 0.980. The van der Waals surface area contributed by atoms with E-state index in [9.17, 15) is 0 Å². The molecule has 0 unspecified atom stereocenters. The maximum Gasteiger partial charge on any atom is 0.0726 e. The average Bonchev–Trinajstić information content (AvgIpc) is 3.92. The molecule has 0 radical (unpaired) electrons. The fourth-order valence-corrected chi connectivity index (χ4v) is 12.0. The SMILES string of the molecule is c1ccc(-c2cccc(-c3ccc(-c4ccc(N(c5ccc6c(c5)C5(c7ccccc7-c7ccccc75)c5ccccc5-6)c5c(-c6ccccc6)c6ccccc6c6ccccc56)cc4)cc3)c2)cc1. The van der Waals surface area contributed by atoms with Crippen LogP contribution in [-0.4, -0.2) is 0 Å². The van der Waals surface area contributed by atoms with Gasteiger partial charge >= 0.3 is 0 Å². The molecule has 0 fully saturated rings. The summed E-state index contributed by atoms with van der Waals surface area (Å²) in [5.74, 6) is 0. The highest BCUT2D eigenvalue weighted by atomic mass is 15.1. The maximum absolute atomic E-state index is 2.55. The van der Waals surface area contributed by atoms with Crippen molar-refractivity contribution in [3.8, 4) is 66.8 Å². The van der Waals surface area contributed by atoms with Gasteiger partial charge in [-0.25, -0.2) is 0 Å². The first-order chi connectivity index (χ1) is 34.7. The number of hydrogen-bond acceptors (Lipinski definition) is 1. The average molecular weight is 888 g/mol. The van der Waals surface area contributed by atoms with Gasteiger partial charge in [-0.1, -0.05) is 243 Å². The van der Waals surface area contributed by atoms with Gasteiger partial charge in [0.25, 0.3) is 0 Å². The Labute approximate surface area is 408 Å². The van der Waals surface area contributed by atoms with E-state index in [4.69, 9.17) is 0 Å². The van der Waals surface area contributed by atoms with E-state index in [1.165, 1.54) is 111 Å². The molecule has 326 valence electrons. The van der Waals surface area contributed by atoms with Crippen molar-refractivity contribution in [2.24, 2.45) is 0 Å². The Kier molecular flexibility index (Phi) is 9.19. The summed E-state index contributed by atoms with van der Waals surface area (Å²) < 4.78 is 0. The van der Waals surface area contributed by atoms with Gasteiger partial charge in [0.2, 0.25) is 0 Å². The molecule has 0 heterocycles. The highest BCUT2D eigenvalue weighted by molar-refractivity contribution is 6.22. The van der Waals surface area contributed by atoms with Gasteiger partial charge < -0.3 is 4.90 Å². The van der Waals surface area contributed by atoms with E-state index in [0.29, 0.717) is 0 Å². The van der Waals surface area contributed by atoms with Gasteiger partial charge in [-0.3, -0.25) is 0 Å². The van der Waals surface area contributed by atoms with E-state index in [1.54, 1.807) is 0 Å². The van der Waals surface area contributed by atoms with E-state index in [2.05, 4.69) is 278 Å². The molecule has 12 aromatic rings. The van der Waals surface area contributed by atoms with E-state index in [0.717, 1.165) is 17.1 Å². The molecule has 12 aromatic carbocycles. The zero-order chi connectivity index (χ0) is 46.2. The summed E-state index contributed by atoms with van der Waals surface area (Å²) in [6.07, 6.45) is 0. The van der Waals surface area contributed by atoms with Crippen LogP contribution >= 0.6 is 0 Å². The molecule has 0 aliphatic heterocycles. The van der Waals surface area contributed by atoms with E-state index in [-0.39, 0.29) is 0 Å². The monoisotopic (exact) mass is 887 g/mol. The lowest BCUT2D eigenvalue weighted by atomic mass is 9.70. The number of fused-ring (bicyclic) bond motifs is 13. The summed E-state index contributed by atoms with van der Waals surface area (Å²) in [6.45, 7) is 0. The summed E-state index contributed by atoms with van der Waals surface area (Å²) in [5.41, 5.74) is 23.0. The largest absolute Gasteiger partial charge is 0.309 e. The summed E-state index contributed by atoms with van der Waals surface area (Å²) >= 11 is 0. The van der Waals surface area contributed by atoms with Crippen molar-refractivity contribution >= 4 is 38.6 Å². The normalized spacial score (nSPS) is 12.7.